The third-order valence-corrected chi connectivity index (χ3v) is 1.57. The molecule has 0 aromatic carbocycles. The molecule has 0 saturated carbocycles. The Morgan fingerprint density at radius 2 is 2.33 bits per heavy atom. The first-order valence-corrected chi connectivity index (χ1v) is 4.00. The number of hydrogen-bond acceptors (Lipinski definition) is 4. The van der Waals surface area contributed by atoms with Crippen molar-refractivity contribution in [1.29, 1.82) is 5.26 Å². The summed E-state index contributed by atoms with van der Waals surface area (Å²) in [7, 11) is 1.55. The number of aliphatic hydroxyl groups excluding tert-OH is 1. The molecule has 0 aliphatic rings. The van der Waals surface area contributed by atoms with Crippen LogP contribution in [0.2, 0.25) is 0 Å². The van der Waals surface area contributed by atoms with Crippen molar-refractivity contribution in [2.75, 3.05) is 33.4 Å². The molecular weight excluding hydrogens is 156 g/mol. The van der Waals surface area contributed by atoms with E-state index in [-0.39, 0.29) is 0 Å². The van der Waals surface area contributed by atoms with Crippen molar-refractivity contribution in [3.63, 3.8) is 0 Å². The van der Waals surface area contributed by atoms with Gasteiger partial charge in [-0.25, -0.2) is 0 Å². The minimum Gasteiger partial charge on any atom is -0.389 e. The van der Waals surface area contributed by atoms with Gasteiger partial charge in [-0.05, 0) is 6.54 Å². The second kappa shape index (κ2) is 7.04. The standard InChI is InChI=1S/C8H16N2O2/c1-3-10(5-4-9)6-8(11)7-12-2/h8,11H,3,5-7H2,1-2H3. The molecule has 12 heavy (non-hydrogen) atoms. The highest BCUT2D eigenvalue weighted by Gasteiger charge is 2.08. The summed E-state index contributed by atoms with van der Waals surface area (Å²) < 4.78 is 4.77. The first-order valence-electron chi connectivity index (χ1n) is 4.00. The number of ether oxygens (including phenoxy) is 1. The Morgan fingerprint density at radius 3 is 2.75 bits per heavy atom. The highest BCUT2D eigenvalue weighted by Crippen LogP contribution is 1.91. The Kier molecular flexibility index (Phi) is 6.67. The van der Waals surface area contributed by atoms with E-state index >= 15 is 0 Å². The van der Waals surface area contributed by atoms with Crippen LogP contribution in [0.4, 0.5) is 0 Å². The molecule has 0 aromatic heterocycles. The van der Waals surface area contributed by atoms with Gasteiger partial charge in [0.1, 0.15) is 0 Å². The maximum absolute atomic E-state index is 9.30. The van der Waals surface area contributed by atoms with E-state index in [4.69, 9.17) is 10.00 Å². The van der Waals surface area contributed by atoms with Gasteiger partial charge in [-0.2, -0.15) is 5.26 Å². The number of nitriles is 1. The summed E-state index contributed by atoms with van der Waals surface area (Å²) in [6.07, 6.45) is -0.497. The van der Waals surface area contributed by atoms with E-state index in [1.807, 2.05) is 17.9 Å². The lowest BCUT2D eigenvalue weighted by Crippen LogP contribution is -2.34. The number of likely N-dealkylation sites (N-methyl/N-ethyl adjacent to an activating group) is 1. The summed E-state index contributed by atoms with van der Waals surface area (Å²) in [5, 5.41) is 17.7. The highest BCUT2D eigenvalue weighted by molar-refractivity contribution is 4.77. The van der Waals surface area contributed by atoms with Gasteiger partial charge in [0.25, 0.3) is 0 Å². The van der Waals surface area contributed by atoms with Crippen LogP contribution < -0.4 is 0 Å². The third kappa shape index (κ3) is 5.08. The van der Waals surface area contributed by atoms with Gasteiger partial charge in [0, 0.05) is 13.7 Å². The van der Waals surface area contributed by atoms with Gasteiger partial charge in [-0.1, -0.05) is 6.92 Å². The second-order valence-corrected chi connectivity index (χ2v) is 2.60. The predicted molar refractivity (Wildman–Crippen MR) is 45.6 cm³/mol. The Balaban J connectivity index is 3.62. The van der Waals surface area contributed by atoms with Crippen LogP contribution in [0.1, 0.15) is 6.92 Å². The summed E-state index contributed by atoms with van der Waals surface area (Å²) in [6.45, 7) is 3.91. The average Bonchev–Trinajstić information content (AvgIpc) is 2.04. The first kappa shape index (κ1) is 11.4. The topological polar surface area (TPSA) is 56.5 Å². The van der Waals surface area contributed by atoms with Gasteiger partial charge in [-0.15, -0.1) is 0 Å². The SMILES string of the molecule is CCN(CC#N)CC(O)COC. The Labute approximate surface area is 73.4 Å². The van der Waals surface area contributed by atoms with E-state index in [1.165, 1.54) is 0 Å². The fourth-order valence-electron chi connectivity index (χ4n) is 0.949. The lowest BCUT2D eigenvalue weighted by atomic mass is 10.3. The zero-order valence-electron chi connectivity index (χ0n) is 7.66. The molecule has 70 valence electrons. The number of aliphatic hydroxyl groups is 1. The smallest absolute Gasteiger partial charge is 0.0900 e. The zero-order valence-corrected chi connectivity index (χ0v) is 7.66. The van der Waals surface area contributed by atoms with Gasteiger partial charge >= 0.3 is 0 Å². The molecule has 4 nitrogen and oxygen atoms in total. The molecule has 1 unspecified atom stereocenters. The van der Waals surface area contributed by atoms with Crippen LogP contribution in [0, 0.1) is 11.3 Å². The van der Waals surface area contributed by atoms with Crippen LogP contribution in [0.15, 0.2) is 0 Å². The monoisotopic (exact) mass is 172 g/mol. The molecule has 0 aliphatic carbocycles. The Morgan fingerprint density at radius 1 is 1.67 bits per heavy atom. The van der Waals surface area contributed by atoms with Crippen LogP contribution in [-0.2, 0) is 4.74 Å². The van der Waals surface area contributed by atoms with Crippen molar-refractivity contribution < 1.29 is 9.84 Å². The van der Waals surface area contributed by atoms with Crippen molar-refractivity contribution in [1.82, 2.24) is 4.90 Å². The third-order valence-electron chi connectivity index (χ3n) is 1.57. The summed E-state index contributed by atoms with van der Waals surface area (Å²) in [5.74, 6) is 0. The van der Waals surface area contributed by atoms with E-state index in [9.17, 15) is 5.11 Å². The molecule has 0 fully saturated rings. The molecule has 1 N–H and O–H groups in total. The van der Waals surface area contributed by atoms with Crippen LogP contribution >= 0.6 is 0 Å². The van der Waals surface area contributed by atoms with Crippen molar-refractivity contribution in [2.24, 2.45) is 0 Å². The summed E-state index contributed by atoms with van der Waals surface area (Å²) in [5.41, 5.74) is 0. The molecule has 0 rings (SSSR count). The molecule has 0 aliphatic heterocycles. The number of nitrogens with zero attached hydrogens (tertiary/aromatic N) is 2. The van der Waals surface area contributed by atoms with Crippen LogP contribution in [0.25, 0.3) is 0 Å². The minimum atomic E-state index is -0.497. The van der Waals surface area contributed by atoms with Gasteiger partial charge < -0.3 is 9.84 Å². The molecule has 1 atom stereocenters. The summed E-state index contributed by atoms with van der Waals surface area (Å²) in [6, 6.07) is 2.04. The molecule has 0 saturated heterocycles. The molecule has 0 bridgehead atoms. The van der Waals surface area contributed by atoms with Crippen LogP contribution in [0.5, 0.6) is 0 Å². The highest BCUT2D eigenvalue weighted by atomic mass is 16.5. The minimum absolute atomic E-state index is 0.321. The lowest BCUT2D eigenvalue weighted by molar-refractivity contribution is 0.0416. The van der Waals surface area contributed by atoms with E-state index in [1.54, 1.807) is 7.11 Å². The molecular formula is C8H16N2O2. The predicted octanol–water partition coefficient (Wildman–Crippen LogP) is -0.161. The van der Waals surface area contributed by atoms with Crippen LogP contribution in [0.3, 0.4) is 0 Å². The van der Waals surface area contributed by atoms with Crippen molar-refractivity contribution >= 4 is 0 Å². The van der Waals surface area contributed by atoms with Crippen molar-refractivity contribution in [3.8, 4) is 6.07 Å². The van der Waals surface area contributed by atoms with Gasteiger partial charge in [-0.3, -0.25) is 4.90 Å². The molecule has 0 aromatic rings. The Bertz CT molecular complexity index is 144. The summed E-state index contributed by atoms with van der Waals surface area (Å²) >= 11 is 0. The Hall–Kier alpha value is -0.630. The summed E-state index contributed by atoms with van der Waals surface area (Å²) in [4.78, 5) is 1.86. The molecule has 0 amide bonds. The molecule has 0 heterocycles. The van der Waals surface area contributed by atoms with E-state index < -0.39 is 6.10 Å². The van der Waals surface area contributed by atoms with Crippen LogP contribution in [-0.4, -0.2) is 49.5 Å². The fraction of sp³-hybridized carbons (Fsp3) is 0.875. The van der Waals surface area contributed by atoms with E-state index in [0.29, 0.717) is 19.7 Å². The second-order valence-electron chi connectivity index (χ2n) is 2.60. The molecule has 4 heteroatoms. The fourth-order valence-corrected chi connectivity index (χ4v) is 0.949. The number of hydrogen-bond donors (Lipinski definition) is 1. The maximum Gasteiger partial charge on any atom is 0.0900 e. The quantitative estimate of drug-likeness (QED) is 0.566. The van der Waals surface area contributed by atoms with Crippen molar-refractivity contribution in [3.05, 3.63) is 0 Å². The maximum atomic E-state index is 9.30. The zero-order chi connectivity index (χ0) is 9.40. The average molecular weight is 172 g/mol. The first-order chi connectivity index (χ1) is 5.74. The normalized spacial score (nSPS) is 12.9. The van der Waals surface area contributed by atoms with E-state index in [2.05, 4.69) is 0 Å². The number of methoxy groups -OCH3 is 1. The van der Waals surface area contributed by atoms with Crippen molar-refractivity contribution in [2.45, 2.75) is 13.0 Å². The molecule has 0 radical (unpaired) electrons. The molecule has 0 spiro atoms. The van der Waals surface area contributed by atoms with Gasteiger partial charge in [0.15, 0.2) is 0 Å². The lowest BCUT2D eigenvalue weighted by Gasteiger charge is -2.19. The largest absolute Gasteiger partial charge is 0.389 e. The van der Waals surface area contributed by atoms with Gasteiger partial charge in [0.2, 0.25) is 0 Å². The van der Waals surface area contributed by atoms with E-state index in [0.717, 1.165) is 6.54 Å². The number of rotatable bonds is 6. The van der Waals surface area contributed by atoms with Gasteiger partial charge in [0.05, 0.1) is 25.3 Å².